The molecule has 0 aliphatic rings. The number of allylic oxidation sites excluding steroid dienone is 4. The van der Waals surface area contributed by atoms with Crippen molar-refractivity contribution in [3.63, 3.8) is 0 Å². The van der Waals surface area contributed by atoms with Gasteiger partial charge in [0.25, 0.3) is 5.91 Å². The van der Waals surface area contributed by atoms with Gasteiger partial charge in [0.1, 0.15) is 0 Å². The van der Waals surface area contributed by atoms with Crippen LogP contribution in [0.5, 0.6) is 0 Å². The maximum atomic E-state index is 12.4. The maximum absolute atomic E-state index is 12.4. The van der Waals surface area contributed by atoms with Gasteiger partial charge in [-0.15, -0.1) is 0 Å². The largest absolute Gasteiger partial charge is 0.322 e. The number of rotatable bonds is 5. The van der Waals surface area contributed by atoms with Gasteiger partial charge in [-0.05, 0) is 37.3 Å². The quantitative estimate of drug-likeness (QED) is 0.625. The van der Waals surface area contributed by atoms with Gasteiger partial charge in [-0.3, -0.25) is 9.79 Å². The number of carbonyl (C=O) groups is 1. The van der Waals surface area contributed by atoms with Gasteiger partial charge in [-0.2, -0.15) is 0 Å². The molecule has 1 N–H and O–H groups in total. The van der Waals surface area contributed by atoms with Gasteiger partial charge in [-0.1, -0.05) is 48.6 Å². The van der Waals surface area contributed by atoms with Crippen LogP contribution in [0.25, 0.3) is 0 Å². The zero-order valence-corrected chi connectivity index (χ0v) is 12.4. The van der Waals surface area contributed by atoms with Crippen LogP contribution in [0.4, 0.5) is 11.4 Å². The zero-order chi connectivity index (χ0) is 15.6. The van der Waals surface area contributed by atoms with Crippen molar-refractivity contribution >= 4 is 23.5 Å². The van der Waals surface area contributed by atoms with E-state index in [1.807, 2.05) is 79.8 Å². The van der Waals surface area contributed by atoms with Gasteiger partial charge in [0, 0.05) is 11.9 Å². The van der Waals surface area contributed by atoms with Crippen LogP contribution in [0.1, 0.15) is 17.3 Å². The molecule has 0 atom stereocenters. The Balaban J connectivity index is 2.15. The summed E-state index contributed by atoms with van der Waals surface area (Å²) in [4.78, 5) is 16.7. The SMILES string of the molecule is CC=CC=CC=Nc1ccccc1C(=O)Nc1ccccc1. The highest BCUT2D eigenvalue weighted by molar-refractivity contribution is 6.07. The van der Waals surface area contributed by atoms with Crippen molar-refractivity contribution in [2.45, 2.75) is 6.92 Å². The lowest BCUT2D eigenvalue weighted by atomic mass is 10.1. The molecular weight excluding hydrogens is 272 g/mol. The van der Waals surface area contributed by atoms with E-state index < -0.39 is 0 Å². The fraction of sp³-hybridized carbons (Fsp3) is 0.0526. The fourth-order valence-corrected chi connectivity index (χ4v) is 1.85. The molecule has 22 heavy (non-hydrogen) atoms. The molecular formula is C19H18N2O. The van der Waals surface area contributed by atoms with Crippen molar-refractivity contribution in [1.29, 1.82) is 0 Å². The number of anilines is 1. The second-order valence-electron chi connectivity index (χ2n) is 4.53. The van der Waals surface area contributed by atoms with Crippen molar-refractivity contribution < 1.29 is 4.79 Å². The minimum atomic E-state index is -0.170. The second kappa shape index (κ2) is 8.37. The number of carbonyl (C=O) groups excluding carboxylic acids is 1. The first-order valence-corrected chi connectivity index (χ1v) is 7.08. The first kappa shape index (κ1) is 15.4. The number of amides is 1. The third-order valence-corrected chi connectivity index (χ3v) is 2.89. The Kier molecular flexibility index (Phi) is 5.88. The van der Waals surface area contributed by atoms with Crippen LogP contribution in [0.3, 0.4) is 0 Å². The van der Waals surface area contributed by atoms with Crippen LogP contribution >= 0.6 is 0 Å². The second-order valence-corrected chi connectivity index (χ2v) is 4.53. The molecule has 110 valence electrons. The molecule has 0 bridgehead atoms. The molecule has 0 heterocycles. The molecule has 0 aromatic heterocycles. The molecule has 0 fully saturated rings. The summed E-state index contributed by atoms with van der Waals surface area (Å²) in [5.74, 6) is -0.170. The third-order valence-electron chi connectivity index (χ3n) is 2.89. The Morgan fingerprint density at radius 2 is 1.68 bits per heavy atom. The van der Waals surface area contributed by atoms with Crippen LogP contribution in [0, 0.1) is 0 Å². The van der Waals surface area contributed by atoms with Crippen molar-refractivity contribution in [3.05, 3.63) is 84.5 Å². The molecule has 3 nitrogen and oxygen atoms in total. The molecule has 2 rings (SSSR count). The topological polar surface area (TPSA) is 41.5 Å². The van der Waals surface area contributed by atoms with E-state index in [9.17, 15) is 4.79 Å². The fourth-order valence-electron chi connectivity index (χ4n) is 1.85. The number of para-hydroxylation sites is 2. The van der Waals surface area contributed by atoms with Crippen molar-refractivity contribution in [3.8, 4) is 0 Å². The first-order chi connectivity index (χ1) is 10.8. The summed E-state index contributed by atoms with van der Waals surface area (Å²) in [6, 6.07) is 16.6. The molecule has 0 saturated heterocycles. The minimum Gasteiger partial charge on any atom is -0.322 e. The molecule has 3 heteroatoms. The summed E-state index contributed by atoms with van der Waals surface area (Å²) in [7, 11) is 0. The zero-order valence-electron chi connectivity index (χ0n) is 12.4. The Morgan fingerprint density at radius 1 is 0.955 bits per heavy atom. The molecule has 2 aromatic rings. The van der Waals surface area contributed by atoms with Crippen molar-refractivity contribution in [2.75, 3.05) is 5.32 Å². The Labute approximate surface area is 130 Å². The van der Waals surface area contributed by atoms with Crippen molar-refractivity contribution in [1.82, 2.24) is 0 Å². The molecule has 0 aliphatic heterocycles. The monoisotopic (exact) mass is 290 g/mol. The number of hydrogen-bond acceptors (Lipinski definition) is 2. The summed E-state index contributed by atoms with van der Waals surface area (Å²) < 4.78 is 0. The Bertz CT molecular complexity index is 700. The highest BCUT2D eigenvalue weighted by Gasteiger charge is 2.09. The number of nitrogens with zero attached hydrogens (tertiary/aromatic N) is 1. The number of hydrogen-bond donors (Lipinski definition) is 1. The average molecular weight is 290 g/mol. The van der Waals surface area contributed by atoms with Gasteiger partial charge in [0.15, 0.2) is 0 Å². The van der Waals surface area contributed by atoms with E-state index in [-0.39, 0.29) is 5.91 Å². The van der Waals surface area contributed by atoms with Gasteiger partial charge >= 0.3 is 0 Å². The first-order valence-electron chi connectivity index (χ1n) is 7.08. The average Bonchev–Trinajstić information content (AvgIpc) is 2.56. The maximum Gasteiger partial charge on any atom is 0.257 e. The van der Waals surface area contributed by atoms with Crippen LogP contribution in [-0.2, 0) is 0 Å². The van der Waals surface area contributed by atoms with Gasteiger partial charge < -0.3 is 5.32 Å². The summed E-state index contributed by atoms with van der Waals surface area (Å²) >= 11 is 0. The van der Waals surface area contributed by atoms with E-state index in [2.05, 4.69) is 10.3 Å². The predicted octanol–water partition coefficient (Wildman–Crippen LogP) is 4.77. The Morgan fingerprint density at radius 3 is 2.45 bits per heavy atom. The van der Waals surface area contributed by atoms with E-state index in [0.29, 0.717) is 11.3 Å². The molecule has 0 unspecified atom stereocenters. The summed E-state index contributed by atoms with van der Waals surface area (Å²) in [5, 5.41) is 2.87. The predicted molar refractivity (Wildman–Crippen MR) is 92.9 cm³/mol. The molecule has 1 amide bonds. The Hall–Kier alpha value is -2.94. The van der Waals surface area contributed by atoms with E-state index in [4.69, 9.17) is 0 Å². The third kappa shape index (κ3) is 4.56. The van der Waals surface area contributed by atoms with Crippen molar-refractivity contribution in [2.24, 2.45) is 4.99 Å². The van der Waals surface area contributed by atoms with Crippen LogP contribution in [-0.4, -0.2) is 12.1 Å². The standard InChI is InChI=1S/C19H18N2O/c1-2-3-4-10-15-20-18-14-9-8-13-17(18)19(22)21-16-11-6-5-7-12-16/h2-15H,1H3,(H,21,22). The lowest BCUT2D eigenvalue weighted by Crippen LogP contribution is -2.11. The summed E-state index contributed by atoms with van der Waals surface area (Å²) in [6.45, 7) is 1.95. The van der Waals surface area contributed by atoms with Gasteiger partial charge in [-0.25, -0.2) is 0 Å². The molecule has 0 spiro atoms. The normalized spacial score (nSPS) is 11.5. The van der Waals surface area contributed by atoms with Gasteiger partial charge in [0.2, 0.25) is 0 Å². The lowest BCUT2D eigenvalue weighted by molar-refractivity contribution is 0.102. The van der Waals surface area contributed by atoms with E-state index >= 15 is 0 Å². The van der Waals surface area contributed by atoms with Crippen LogP contribution in [0.2, 0.25) is 0 Å². The van der Waals surface area contributed by atoms with Gasteiger partial charge in [0.05, 0.1) is 11.3 Å². The van der Waals surface area contributed by atoms with E-state index in [1.54, 1.807) is 12.3 Å². The number of nitrogens with one attached hydrogen (secondary N) is 1. The summed E-state index contributed by atoms with van der Waals surface area (Å²) in [6.07, 6.45) is 9.24. The summed E-state index contributed by atoms with van der Waals surface area (Å²) in [5.41, 5.74) is 1.95. The minimum absolute atomic E-state index is 0.170. The molecule has 0 radical (unpaired) electrons. The highest BCUT2D eigenvalue weighted by atomic mass is 16.1. The molecule has 0 saturated carbocycles. The van der Waals surface area contributed by atoms with Crippen LogP contribution < -0.4 is 5.32 Å². The smallest absolute Gasteiger partial charge is 0.257 e. The van der Waals surface area contributed by atoms with Crippen LogP contribution in [0.15, 0.2) is 83.9 Å². The van der Waals surface area contributed by atoms with E-state index in [1.165, 1.54) is 0 Å². The van der Waals surface area contributed by atoms with E-state index in [0.717, 1.165) is 5.69 Å². The molecule has 2 aromatic carbocycles. The lowest BCUT2D eigenvalue weighted by Gasteiger charge is -2.07. The highest BCUT2D eigenvalue weighted by Crippen LogP contribution is 2.19. The number of aliphatic imine (C=N–C) groups is 1. The molecule has 0 aliphatic carbocycles. The number of benzene rings is 2.